The average Bonchev–Trinajstić information content (AvgIpc) is 2.72. The topological polar surface area (TPSA) is 122 Å². The number of hydrogen-bond donors (Lipinski definition) is 3. The zero-order valence-electron chi connectivity index (χ0n) is 18.1. The molecular formula is C24H27FN2O5. The summed E-state index contributed by atoms with van der Waals surface area (Å²) in [6.07, 6.45) is 0.0645. The fraction of sp³-hybridized carbons (Fsp3) is 0.375. The zero-order chi connectivity index (χ0) is 23.9. The van der Waals surface area contributed by atoms with Crippen molar-refractivity contribution in [2.45, 2.75) is 31.3 Å². The van der Waals surface area contributed by atoms with Crippen molar-refractivity contribution < 1.29 is 29.3 Å². The lowest BCUT2D eigenvalue weighted by atomic mass is 9.78. The highest BCUT2D eigenvalue weighted by Crippen LogP contribution is 2.38. The van der Waals surface area contributed by atoms with Crippen LogP contribution < -0.4 is 0 Å². The second-order valence-corrected chi connectivity index (χ2v) is 8.09. The van der Waals surface area contributed by atoms with Gasteiger partial charge in [-0.15, -0.1) is 0 Å². The van der Waals surface area contributed by atoms with E-state index >= 15 is 0 Å². The van der Waals surface area contributed by atoms with E-state index in [9.17, 15) is 29.5 Å². The highest BCUT2D eigenvalue weighted by Gasteiger charge is 2.35. The molecule has 0 aliphatic rings. The van der Waals surface area contributed by atoms with Crippen molar-refractivity contribution in [2.24, 2.45) is 5.92 Å². The van der Waals surface area contributed by atoms with E-state index in [2.05, 4.69) is 0 Å². The molecule has 0 amide bonds. The standard InChI is InChI=1S/C24H27FN2O5/c1-27(2)11-3-10-24(32,19-5-7-20(25)8-6-19)21-9-4-16(15-26)12-17(21)13-18(23(30)31)14-22(28)29/h4-9,12,18,32H,3,10-11,13-14H2,1-2H3,(H,28,29)(H,30,31)/t18?,24-/m0/s1. The van der Waals surface area contributed by atoms with E-state index in [0.29, 0.717) is 29.7 Å². The maximum Gasteiger partial charge on any atom is 0.307 e. The maximum atomic E-state index is 13.6. The first-order valence-corrected chi connectivity index (χ1v) is 10.2. The number of carbonyl (C=O) groups is 2. The van der Waals surface area contributed by atoms with Gasteiger partial charge in [0.1, 0.15) is 11.4 Å². The largest absolute Gasteiger partial charge is 0.481 e. The number of nitrogens with zero attached hydrogens (tertiary/aromatic N) is 2. The van der Waals surface area contributed by atoms with Gasteiger partial charge in [-0.05, 0) is 80.9 Å². The molecule has 0 spiro atoms. The van der Waals surface area contributed by atoms with Gasteiger partial charge in [-0.25, -0.2) is 4.39 Å². The highest BCUT2D eigenvalue weighted by molar-refractivity contribution is 5.78. The van der Waals surface area contributed by atoms with Gasteiger partial charge in [-0.1, -0.05) is 18.2 Å². The first-order valence-electron chi connectivity index (χ1n) is 10.2. The molecule has 0 saturated heterocycles. The Hall–Kier alpha value is -3.28. The quantitative estimate of drug-likeness (QED) is 0.489. The summed E-state index contributed by atoms with van der Waals surface area (Å²) in [7, 11) is 3.79. The van der Waals surface area contributed by atoms with Gasteiger partial charge < -0.3 is 20.2 Å². The van der Waals surface area contributed by atoms with E-state index in [1.165, 1.54) is 36.4 Å². The summed E-state index contributed by atoms with van der Waals surface area (Å²) in [5.74, 6) is -4.23. The summed E-state index contributed by atoms with van der Waals surface area (Å²) in [5, 5.41) is 39.8. The molecule has 2 atom stereocenters. The van der Waals surface area contributed by atoms with Crippen LogP contribution in [0.3, 0.4) is 0 Å². The number of aliphatic carboxylic acids is 2. The molecule has 0 bridgehead atoms. The van der Waals surface area contributed by atoms with Crippen LogP contribution in [-0.2, 0) is 21.6 Å². The number of hydrogen-bond acceptors (Lipinski definition) is 5. The Balaban J connectivity index is 2.61. The Bertz CT molecular complexity index is 1000. The lowest BCUT2D eigenvalue weighted by molar-refractivity contribution is -0.148. The van der Waals surface area contributed by atoms with Crippen molar-refractivity contribution in [2.75, 3.05) is 20.6 Å². The highest BCUT2D eigenvalue weighted by atomic mass is 19.1. The lowest BCUT2D eigenvalue weighted by Crippen LogP contribution is -2.31. The van der Waals surface area contributed by atoms with Crippen molar-refractivity contribution in [3.63, 3.8) is 0 Å². The van der Waals surface area contributed by atoms with E-state index in [0.717, 1.165) is 0 Å². The Morgan fingerprint density at radius 1 is 1.16 bits per heavy atom. The molecule has 0 aromatic heterocycles. The minimum Gasteiger partial charge on any atom is -0.481 e. The van der Waals surface area contributed by atoms with E-state index in [1.807, 2.05) is 25.1 Å². The van der Waals surface area contributed by atoms with Gasteiger partial charge in [-0.2, -0.15) is 5.26 Å². The molecule has 170 valence electrons. The number of aliphatic hydroxyl groups is 1. The Morgan fingerprint density at radius 2 is 1.81 bits per heavy atom. The number of halogens is 1. The molecule has 0 radical (unpaired) electrons. The van der Waals surface area contributed by atoms with Crippen LogP contribution in [0.4, 0.5) is 4.39 Å². The fourth-order valence-electron chi connectivity index (χ4n) is 3.77. The van der Waals surface area contributed by atoms with Crippen LogP contribution in [0.5, 0.6) is 0 Å². The lowest BCUT2D eigenvalue weighted by Gasteiger charge is -2.32. The number of carboxylic acid groups (broad SMARTS) is 2. The molecule has 0 aliphatic carbocycles. The Kier molecular flexibility index (Phi) is 8.47. The molecule has 2 aromatic carbocycles. The van der Waals surface area contributed by atoms with Crippen LogP contribution in [0.25, 0.3) is 0 Å². The second kappa shape index (κ2) is 10.8. The smallest absolute Gasteiger partial charge is 0.307 e. The first-order chi connectivity index (χ1) is 15.1. The second-order valence-electron chi connectivity index (χ2n) is 8.09. The van der Waals surface area contributed by atoms with Crippen LogP contribution >= 0.6 is 0 Å². The molecule has 0 aliphatic heterocycles. The van der Waals surface area contributed by atoms with Gasteiger partial charge in [0.2, 0.25) is 0 Å². The minimum atomic E-state index is -1.58. The van der Waals surface area contributed by atoms with Crippen LogP contribution in [0.2, 0.25) is 0 Å². The van der Waals surface area contributed by atoms with E-state index < -0.39 is 35.7 Å². The minimum absolute atomic E-state index is 0.177. The molecule has 0 heterocycles. The molecule has 2 aromatic rings. The predicted octanol–water partition coefficient (Wildman–Crippen LogP) is 2.99. The SMILES string of the molecule is CN(C)CCC[C@](O)(c1ccc(F)cc1)c1ccc(C#N)cc1CC(CC(=O)O)C(=O)O. The van der Waals surface area contributed by atoms with Crippen molar-refractivity contribution in [1.29, 1.82) is 5.26 Å². The van der Waals surface area contributed by atoms with Crippen molar-refractivity contribution in [3.8, 4) is 6.07 Å². The molecule has 3 N–H and O–H groups in total. The monoisotopic (exact) mass is 442 g/mol. The maximum absolute atomic E-state index is 13.6. The first kappa shape index (κ1) is 25.0. The Morgan fingerprint density at radius 3 is 2.34 bits per heavy atom. The number of rotatable bonds is 11. The average molecular weight is 442 g/mol. The van der Waals surface area contributed by atoms with Crippen molar-refractivity contribution in [3.05, 3.63) is 70.5 Å². The third-order valence-electron chi connectivity index (χ3n) is 5.38. The van der Waals surface area contributed by atoms with Gasteiger partial charge in [0.05, 0.1) is 24.0 Å². The summed E-state index contributed by atoms with van der Waals surface area (Å²) >= 11 is 0. The third kappa shape index (κ3) is 6.36. The Labute approximate surface area is 186 Å². The van der Waals surface area contributed by atoms with Gasteiger partial charge in [0.15, 0.2) is 0 Å². The van der Waals surface area contributed by atoms with Crippen molar-refractivity contribution in [1.82, 2.24) is 4.90 Å². The van der Waals surface area contributed by atoms with Crippen LogP contribution in [0, 0.1) is 23.1 Å². The predicted molar refractivity (Wildman–Crippen MR) is 115 cm³/mol. The van der Waals surface area contributed by atoms with E-state index in [4.69, 9.17) is 5.11 Å². The van der Waals surface area contributed by atoms with Crippen LogP contribution in [-0.4, -0.2) is 52.8 Å². The van der Waals surface area contributed by atoms with Gasteiger partial charge in [0.25, 0.3) is 0 Å². The number of carboxylic acids is 2. The van der Waals surface area contributed by atoms with E-state index in [-0.39, 0.29) is 18.4 Å². The van der Waals surface area contributed by atoms with Crippen LogP contribution in [0.15, 0.2) is 42.5 Å². The van der Waals surface area contributed by atoms with Gasteiger partial charge >= 0.3 is 11.9 Å². The van der Waals surface area contributed by atoms with Crippen LogP contribution in [0.1, 0.15) is 41.5 Å². The molecule has 2 rings (SSSR count). The molecular weight excluding hydrogens is 415 g/mol. The summed E-state index contributed by atoms with van der Waals surface area (Å²) in [6, 6.07) is 12.0. The summed E-state index contributed by atoms with van der Waals surface area (Å²) in [4.78, 5) is 24.8. The third-order valence-corrected chi connectivity index (χ3v) is 5.38. The van der Waals surface area contributed by atoms with Gasteiger partial charge in [-0.3, -0.25) is 9.59 Å². The number of nitriles is 1. The fourth-order valence-corrected chi connectivity index (χ4v) is 3.77. The summed E-state index contributed by atoms with van der Waals surface area (Å²) in [6.45, 7) is 0.673. The molecule has 32 heavy (non-hydrogen) atoms. The molecule has 1 unspecified atom stereocenters. The van der Waals surface area contributed by atoms with E-state index in [1.54, 1.807) is 6.07 Å². The molecule has 7 nitrogen and oxygen atoms in total. The molecule has 0 saturated carbocycles. The zero-order valence-corrected chi connectivity index (χ0v) is 18.1. The molecule has 0 fully saturated rings. The normalized spacial score (nSPS) is 13.9. The van der Waals surface area contributed by atoms with Gasteiger partial charge in [0, 0.05) is 0 Å². The number of benzene rings is 2. The molecule has 8 heteroatoms. The summed E-state index contributed by atoms with van der Waals surface area (Å²) < 4.78 is 13.6. The summed E-state index contributed by atoms with van der Waals surface area (Å²) in [5.41, 5.74) is -0.154. The van der Waals surface area contributed by atoms with Crippen molar-refractivity contribution >= 4 is 11.9 Å².